The molecule has 3 rings (SSSR count). The number of hydrogen-bond acceptors (Lipinski definition) is 4. The van der Waals surface area contributed by atoms with Crippen LogP contribution in [0.5, 0.6) is 0 Å². The van der Waals surface area contributed by atoms with Crippen LogP contribution in [0.1, 0.15) is 16.6 Å². The maximum Gasteiger partial charge on any atom is 0.265 e. The van der Waals surface area contributed by atoms with Gasteiger partial charge >= 0.3 is 0 Å². The van der Waals surface area contributed by atoms with Crippen LogP contribution in [0.4, 0.5) is 15.8 Å². The monoisotopic (exact) mass is 400 g/mol. The molecular weight excluding hydrogens is 383 g/mol. The van der Waals surface area contributed by atoms with E-state index in [9.17, 15) is 14.0 Å². The van der Waals surface area contributed by atoms with Gasteiger partial charge in [0.25, 0.3) is 5.91 Å². The second kappa shape index (κ2) is 8.83. The first-order valence-electron chi connectivity index (χ1n) is 8.19. The summed E-state index contributed by atoms with van der Waals surface area (Å²) in [6.45, 7) is 1.80. The van der Waals surface area contributed by atoms with Gasteiger partial charge in [-0.05, 0) is 66.9 Å². The minimum Gasteiger partial charge on any atom is -0.325 e. The van der Waals surface area contributed by atoms with Crippen LogP contribution in [0, 0.1) is 5.82 Å². The van der Waals surface area contributed by atoms with E-state index >= 15 is 0 Å². The van der Waals surface area contributed by atoms with E-state index in [-0.39, 0.29) is 22.9 Å². The van der Waals surface area contributed by atoms with Crippen molar-refractivity contribution in [2.75, 3.05) is 10.6 Å². The quantitative estimate of drug-likeness (QED) is 0.555. The topological polar surface area (TPSA) is 58.2 Å². The van der Waals surface area contributed by atoms with Crippen molar-refractivity contribution in [1.29, 1.82) is 0 Å². The Balaban J connectivity index is 1.54. The van der Waals surface area contributed by atoms with Crippen molar-refractivity contribution in [3.63, 3.8) is 0 Å². The lowest BCUT2D eigenvalue weighted by Crippen LogP contribution is -2.22. The fraction of sp³-hybridized carbons (Fsp3) is 0.100. The molecule has 0 saturated heterocycles. The Morgan fingerprint density at radius 3 is 2.22 bits per heavy atom. The molecule has 1 heterocycles. The van der Waals surface area contributed by atoms with Gasteiger partial charge in [-0.2, -0.15) is 0 Å². The van der Waals surface area contributed by atoms with E-state index in [2.05, 4.69) is 10.6 Å². The van der Waals surface area contributed by atoms with Crippen molar-refractivity contribution >= 4 is 46.3 Å². The van der Waals surface area contributed by atoms with Gasteiger partial charge in [-0.1, -0.05) is 6.07 Å². The lowest BCUT2D eigenvalue weighted by molar-refractivity contribution is -0.115. The summed E-state index contributed by atoms with van der Waals surface area (Å²) in [5.74, 6) is -0.652. The predicted octanol–water partition coefficient (Wildman–Crippen LogP) is 5.26. The predicted molar refractivity (Wildman–Crippen MR) is 109 cm³/mol. The Hall–Kier alpha value is -2.64. The summed E-state index contributed by atoms with van der Waals surface area (Å²) in [6, 6.07) is 16.6. The van der Waals surface area contributed by atoms with E-state index in [1.54, 1.807) is 25.1 Å². The number of nitrogens with one attached hydrogen (secondary N) is 2. The zero-order valence-electron chi connectivity index (χ0n) is 14.4. The Labute approximate surface area is 164 Å². The van der Waals surface area contributed by atoms with Crippen LogP contribution in [-0.2, 0) is 4.79 Å². The van der Waals surface area contributed by atoms with Gasteiger partial charge in [0.1, 0.15) is 5.82 Å². The third-order valence-corrected chi connectivity index (χ3v) is 5.63. The Morgan fingerprint density at radius 2 is 1.59 bits per heavy atom. The van der Waals surface area contributed by atoms with Crippen LogP contribution < -0.4 is 10.6 Å². The summed E-state index contributed by atoms with van der Waals surface area (Å²) in [5.41, 5.74) is 1.25. The third kappa shape index (κ3) is 5.42. The third-order valence-electron chi connectivity index (χ3n) is 3.65. The number of amides is 2. The Bertz CT molecular complexity index is 910. The SMILES string of the molecule is CC(Sc1ccc(NC(=O)c2cccs2)cc1)C(=O)Nc1ccc(F)cc1. The van der Waals surface area contributed by atoms with E-state index in [1.165, 1.54) is 47.4 Å². The number of thioether (sulfide) groups is 1. The molecule has 2 aromatic carbocycles. The first-order valence-corrected chi connectivity index (χ1v) is 9.95. The van der Waals surface area contributed by atoms with Crippen molar-refractivity contribution in [2.24, 2.45) is 0 Å². The van der Waals surface area contributed by atoms with Gasteiger partial charge in [0.05, 0.1) is 10.1 Å². The zero-order valence-corrected chi connectivity index (χ0v) is 16.1. The number of rotatable bonds is 6. The molecule has 27 heavy (non-hydrogen) atoms. The average Bonchev–Trinajstić information content (AvgIpc) is 3.20. The molecule has 4 nitrogen and oxygen atoms in total. The van der Waals surface area contributed by atoms with Crippen LogP contribution in [0.2, 0.25) is 0 Å². The molecule has 1 atom stereocenters. The lowest BCUT2D eigenvalue weighted by Gasteiger charge is -2.12. The Kier molecular flexibility index (Phi) is 6.26. The van der Waals surface area contributed by atoms with Crippen LogP contribution in [0.3, 0.4) is 0 Å². The summed E-state index contributed by atoms with van der Waals surface area (Å²) in [4.78, 5) is 25.9. The molecule has 7 heteroatoms. The molecule has 0 aliphatic carbocycles. The fourth-order valence-electron chi connectivity index (χ4n) is 2.25. The molecule has 1 unspecified atom stereocenters. The molecule has 0 radical (unpaired) electrons. The van der Waals surface area contributed by atoms with Crippen LogP contribution in [0.25, 0.3) is 0 Å². The van der Waals surface area contributed by atoms with Crippen LogP contribution >= 0.6 is 23.1 Å². The van der Waals surface area contributed by atoms with Gasteiger partial charge in [0.2, 0.25) is 5.91 Å². The number of halogens is 1. The summed E-state index contributed by atoms with van der Waals surface area (Å²) >= 11 is 2.79. The highest BCUT2D eigenvalue weighted by Crippen LogP contribution is 2.26. The van der Waals surface area contributed by atoms with Crippen LogP contribution in [0.15, 0.2) is 70.9 Å². The van der Waals surface area contributed by atoms with E-state index in [1.807, 2.05) is 23.6 Å². The molecule has 1 aromatic heterocycles. The van der Waals surface area contributed by atoms with Gasteiger partial charge < -0.3 is 10.6 Å². The van der Waals surface area contributed by atoms with E-state index < -0.39 is 0 Å². The van der Waals surface area contributed by atoms with Crippen molar-refractivity contribution in [2.45, 2.75) is 17.1 Å². The normalized spacial score (nSPS) is 11.6. The number of anilines is 2. The smallest absolute Gasteiger partial charge is 0.265 e. The highest BCUT2D eigenvalue weighted by atomic mass is 32.2. The second-order valence-electron chi connectivity index (χ2n) is 5.71. The largest absolute Gasteiger partial charge is 0.325 e. The highest BCUT2D eigenvalue weighted by Gasteiger charge is 2.15. The van der Waals surface area contributed by atoms with Gasteiger partial charge in [-0.15, -0.1) is 23.1 Å². The minimum atomic E-state index is -0.346. The molecule has 0 spiro atoms. The number of benzene rings is 2. The van der Waals surface area contributed by atoms with Gasteiger partial charge in [0.15, 0.2) is 0 Å². The minimum absolute atomic E-state index is 0.141. The fourth-order valence-corrected chi connectivity index (χ4v) is 3.74. The zero-order chi connectivity index (χ0) is 19.2. The maximum absolute atomic E-state index is 12.9. The molecule has 0 aliphatic heterocycles. The van der Waals surface area contributed by atoms with Crippen molar-refractivity contribution in [3.05, 3.63) is 76.7 Å². The first kappa shape index (κ1) is 19.1. The van der Waals surface area contributed by atoms with E-state index in [4.69, 9.17) is 0 Å². The van der Waals surface area contributed by atoms with Gasteiger partial charge in [-0.25, -0.2) is 4.39 Å². The Morgan fingerprint density at radius 1 is 0.963 bits per heavy atom. The number of carbonyl (C=O) groups is 2. The first-order chi connectivity index (χ1) is 13.0. The molecule has 138 valence electrons. The standard InChI is InChI=1S/C20H17FN2O2S2/c1-13(19(24)22-15-6-4-14(21)5-7-15)27-17-10-8-16(9-11-17)23-20(25)18-3-2-12-26-18/h2-13H,1H3,(H,22,24)(H,23,25). The average molecular weight is 401 g/mol. The van der Waals surface area contributed by atoms with E-state index in [0.29, 0.717) is 16.3 Å². The molecule has 0 aliphatic rings. The number of hydrogen-bond donors (Lipinski definition) is 2. The summed E-state index contributed by atoms with van der Waals surface area (Å²) < 4.78 is 12.9. The van der Waals surface area contributed by atoms with Gasteiger partial charge in [-0.3, -0.25) is 9.59 Å². The van der Waals surface area contributed by atoms with Crippen molar-refractivity contribution in [1.82, 2.24) is 0 Å². The molecule has 2 amide bonds. The van der Waals surface area contributed by atoms with Crippen molar-refractivity contribution < 1.29 is 14.0 Å². The van der Waals surface area contributed by atoms with E-state index in [0.717, 1.165) is 4.90 Å². The molecule has 0 fully saturated rings. The van der Waals surface area contributed by atoms with Crippen molar-refractivity contribution in [3.8, 4) is 0 Å². The molecule has 2 N–H and O–H groups in total. The lowest BCUT2D eigenvalue weighted by atomic mass is 10.3. The second-order valence-corrected chi connectivity index (χ2v) is 8.07. The maximum atomic E-state index is 12.9. The molecule has 0 bridgehead atoms. The van der Waals surface area contributed by atoms with Gasteiger partial charge in [0, 0.05) is 16.3 Å². The summed E-state index contributed by atoms with van der Waals surface area (Å²) in [5, 5.41) is 7.12. The molecular formula is C20H17FN2O2S2. The summed E-state index contributed by atoms with van der Waals surface area (Å²) in [6.07, 6.45) is 0. The highest BCUT2D eigenvalue weighted by molar-refractivity contribution is 8.00. The number of thiophene rings is 1. The van der Waals surface area contributed by atoms with Crippen LogP contribution in [-0.4, -0.2) is 17.1 Å². The molecule has 0 saturated carbocycles. The number of carbonyl (C=O) groups excluding carboxylic acids is 2. The summed E-state index contributed by atoms with van der Waals surface area (Å²) in [7, 11) is 0. The molecule has 3 aromatic rings.